The van der Waals surface area contributed by atoms with Crippen LogP contribution in [0.1, 0.15) is 39.8 Å². The summed E-state index contributed by atoms with van der Waals surface area (Å²) in [6.07, 6.45) is 1.48. The van der Waals surface area contributed by atoms with Crippen LogP contribution in [-0.2, 0) is 4.74 Å². The van der Waals surface area contributed by atoms with Crippen LogP contribution >= 0.6 is 0 Å². The van der Waals surface area contributed by atoms with Crippen molar-refractivity contribution in [1.29, 1.82) is 0 Å². The molecule has 2 aromatic heterocycles. The average Bonchev–Trinajstić information content (AvgIpc) is 2.96. The van der Waals surface area contributed by atoms with Crippen LogP contribution in [0.4, 0.5) is 11.5 Å². The van der Waals surface area contributed by atoms with Crippen LogP contribution in [0.2, 0.25) is 0 Å². The molecule has 0 amide bonds. The van der Waals surface area contributed by atoms with E-state index >= 15 is 0 Å². The van der Waals surface area contributed by atoms with Crippen molar-refractivity contribution in [3.63, 3.8) is 0 Å². The standard InChI is InChI=1S/C20H23N5O2/c1-6-27-19(26)16-11-21-20(25-15(5)10-14(4)24-25)23-18(16)22-17-9-12(2)7-8-13(17)3/h7-11H,6H2,1-5H3,(H,21,22,23). The molecule has 0 aliphatic rings. The summed E-state index contributed by atoms with van der Waals surface area (Å²) in [7, 11) is 0. The molecule has 7 nitrogen and oxygen atoms in total. The van der Waals surface area contributed by atoms with Gasteiger partial charge in [-0.15, -0.1) is 0 Å². The van der Waals surface area contributed by atoms with Crippen molar-refractivity contribution in [1.82, 2.24) is 19.7 Å². The Morgan fingerprint density at radius 1 is 1.19 bits per heavy atom. The van der Waals surface area contributed by atoms with E-state index in [2.05, 4.69) is 20.4 Å². The number of anilines is 2. The molecule has 0 spiro atoms. The molecule has 1 N–H and O–H groups in total. The van der Waals surface area contributed by atoms with Gasteiger partial charge in [0, 0.05) is 17.6 Å². The molecule has 0 atom stereocenters. The summed E-state index contributed by atoms with van der Waals surface area (Å²) >= 11 is 0. The molecule has 0 aliphatic heterocycles. The molecule has 0 saturated heterocycles. The van der Waals surface area contributed by atoms with Gasteiger partial charge >= 0.3 is 5.97 Å². The first-order valence-corrected chi connectivity index (χ1v) is 8.81. The number of hydrogen-bond acceptors (Lipinski definition) is 6. The predicted octanol–water partition coefficient (Wildman–Crippen LogP) is 3.82. The molecule has 0 fully saturated rings. The molecule has 0 aliphatic carbocycles. The summed E-state index contributed by atoms with van der Waals surface area (Å²) in [4.78, 5) is 21.2. The second kappa shape index (κ2) is 7.57. The lowest BCUT2D eigenvalue weighted by Gasteiger charge is -2.14. The fourth-order valence-electron chi connectivity index (χ4n) is 2.76. The fourth-order valence-corrected chi connectivity index (χ4v) is 2.76. The molecule has 27 heavy (non-hydrogen) atoms. The molecular formula is C20H23N5O2. The maximum Gasteiger partial charge on any atom is 0.343 e. The third kappa shape index (κ3) is 3.97. The molecule has 140 valence electrons. The molecule has 0 radical (unpaired) electrons. The fraction of sp³-hybridized carbons (Fsp3) is 0.300. The zero-order valence-corrected chi connectivity index (χ0v) is 16.2. The topological polar surface area (TPSA) is 81.9 Å². The van der Waals surface area contributed by atoms with Gasteiger partial charge in [-0.25, -0.2) is 14.5 Å². The number of carbonyl (C=O) groups is 1. The van der Waals surface area contributed by atoms with E-state index in [0.717, 1.165) is 28.2 Å². The number of esters is 1. The van der Waals surface area contributed by atoms with E-state index < -0.39 is 5.97 Å². The van der Waals surface area contributed by atoms with Crippen molar-refractivity contribution in [2.45, 2.75) is 34.6 Å². The van der Waals surface area contributed by atoms with Gasteiger partial charge in [-0.2, -0.15) is 10.1 Å². The number of rotatable bonds is 5. The van der Waals surface area contributed by atoms with Gasteiger partial charge in [-0.3, -0.25) is 0 Å². The van der Waals surface area contributed by atoms with Crippen LogP contribution in [0.25, 0.3) is 5.95 Å². The number of carbonyl (C=O) groups excluding carboxylic acids is 1. The zero-order valence-electron chi connectivity index (χ0n) is 16.2. The van der Waals surface area contributed by atoms with Gasteiger partial charge in [0.05, 0.1) is 12.3 Å². The van der Waals surface area contributed by atoms with Crippen molar-refractivity contribution >= 4 is 17.5 Å². The normalized spacial score (nSPS) is 10.7. The van der Waals surface area contributed by atoms with Crippen LogP contribution in [0, 0.1) is 27.7 Å². The number of nitrogens with one attached hydrogen (secondary N) is 1. The number of hydrogen-bond donors (Lipinski definition) is 1. The monoisotopic (exact) mass is 365 g/mol. The first-order valence-electron chi connectivity index (χ1n) is 8.81. The van der Waals surface area contributed by atoms with Gasteiger partial charge in [0.25, 0.3) is 5.95 Å². The van der Waals surface area contributed by atoms with Gasteiger partial charge in [0.2, 0.25) is 0 Å². The summed E-state index contributed by atoms with van der Waals surface area (Å²) in [5.41, 5.74) is 5.08. The predicted molar refractivity (Wildman–Crippen MR) is 104 cm³/mol. The highest BCUT2D eigenvalue weighted by Gasteiger charge is 2.18. The van der Waals surface area contributed by atoms with Crippen LogP contribution in [0.15, 0.2) is 30.5 Å². The Balaban J connectivity index is 2.09. The number of aromatic nitrogens is 4. The second-order valence-electron chi connectivity index (χ2n) is 6.44. The molecule has 3 rings (SSSR count). The lowest BCUT2D eigenvalue weighted by Crippen LogP contribution is -2.14. The average molecular weight is 365 g/mol. The lowest BCUT2D eigenvalue weighted by molar-refractivity contribution is 0.0526. The first kappa shape index (κ1) is 18.6. The Kier molecular flexibility index (Phi) is 5.21. The largest absolute Gasteiger partial charge is 0.462 e. The van der Waals surface area contributed by atoms with Crippen LogP contribution in [0.5, 0.6) is 0 Å². The zero-order chi connectivity index (χ0) is 19.6. The highest BCUT2D eigenvalue weighted by atomic mass is 16.5. The summed E-state index contributed by atoms with van der Waals surface area (Å²) in [6.45, 7) is 9.89. The molecule has 7 heteroatoms. The quantitative estimate of drug-likeness (QED) is 0.692. The summed E-state index contributed by atoms with van der Waals surface area (Å²) in [5.74, 6) is 0.311. The minimum absolute atomic E-state index is 0.279. The van der Waals surface area contributed by atoms with E-state index in [1.54, 1.807) is 11.6 Å². The highest BCUT2D eigenvalue weighted by molar-refractivity contribution is 5.95. The number of benzene rings is 1. The maximum atomic E-state index is 12.4. The first-order chi connectivity index (χ1) is 12.9. The number of nitrogens with zero attached hydrogens (tertiary/aromatic N) is 4. The second-order valence-corrected chi connectivity index (χ2v) is 6.44. The van der Waals surface area contributed by atoms with E-state index in [-0.39, 0.29) is 12.2 Å². The van der Waals surface area contributed by atoms with E-state index in [1.807, 2.05) is 52.0 Å². The third-order valence-corrected chi connectivity index (χ3v) is 4.12. The Bertz CT molecular complexity index is 994. The van der Waals surface area contributed by atoms with Crippen LogP contribution in [-0.4, -0.2) is 32.3 Å². The van der Waals surface area contributed by atoms with Crippen molar-refractivity contribution in [3.8, 4) is 5.95 Å². The minimum atomic E-state index is -0.467. The molecule has 2 heterocycles. The number of ether oxygens (including phenoxy) is 1. The summed E-state index contributed by atoms with van der Waals surface area (Å²) in [5, 5.41) is 7.68. The Morgan fingerprint density at radius 2 is 1.96 bits per heavy atom. The van der Waals surface area contributed by atoms with E-state index in [9.17, 15) is 4.79 Å². The smallest absolute Gasteiger partial charge is 0.343 e. The molecular weight excluding hydrogens is 342 g/mol. The van der Waals surface area contributed by atoms with Crippen molar-refractivity contribution in [2.75, 3.05) is 11.9 Å². The minimum Gasteiger partial charge on any atom is -0.462 e. The van der Waals surface area contributed by atoms with Gasteiger partial charge in [-0.05, 0) is 57.9 Å². The SMILES string of the molecule is CCOC(=O)c1cnc(-n2nc(C)cc2C)nc1Nc1cc(C)ccc1C. The Hall–Kier alpha value is -3.22. The third-order valence-electron chi connectivity index (χ3n) is 4.12. The van der Waals surface area contributed by atoms with Gasteiger partial charge in [0.1, 0.15) is 5.56 Å². The Labute approximate surface area is 158 Å². The molecule has 0 unspecified atom stereocenters. The van der Waals surface area contributed by atoms with E-state index in [1.165, 1.54) is 6.20 Å². The van der Waals surface area contributed by atoms with E-state index in [0.29, 0.717) is 11.8 Å². The maximum absolute atomic E-state index is 12.4. The van der Waals surface area contributed by atoms with Crippen molar-refractivity contribution < 1.29 is 9.53 Å². The number of aryl methyl sites for hydroxylation is 4. The highest BCUT2D eigenvalue weighted by Crippen LogP contribution is 2.24. The van der Waals surface area contributed by atoms with Gasteiger partial charge < -0.3 is 10.1 Å². The van der Waals surface area contributed by atoms with Crippen molar-refractivity contribution in [3.05, 3.63) is 58.5 Å². The van der Waals surface area contributed by atoms with Crippen LogP contribution in [0.3, 0.4) is 0 Å². The molecule has 1 aromatic carbocycles. The van der Waals surface area contributed by atoms with Crippen molar-refractivity contribution in [2.24, 2.45) is 0 Å². The Morgan fingerprint density at radius 3 is 2.63 bits per heavy atom. The van der Waals surface area contributed by atoms with Gasteiger partial charge in [-0.1, -0.05) is 12.1 Å². The van der Waals surface area contributed by atoms with Crippen LogP contribution < -0.4 is 5.32 Å². The lowest BCUT2D eigenvalue weighted by atomic mass is 10.1. The molecule has 0 saturated carbocycles. The molecule has 0 bridgehead atoms. The van der Waals surface area contributed by atoms with E-state index in [4.69, 9.17) is 4.74 Å². The summed E-state index contributed by atoms with van der Waals surface area (Å²) in [6, 6.07) is 8.01. The van der Waals surface area contributed by atoms with Gasteiger partial charge in [0.15, 0.2) is 5.82 Å². The summed E-state index contributed by atoms with van der Waals surface area (Å²) < 4.78 is 6.80. The molecule has 3 aromatic rings.